The van der Waals surface area contributed by atoms with Gasteiger partial charge in [0.05, 0.1) is 22.9 Å². The zero-order valence-electron chi connectivity index (χ0n) is 9.89. The topological polar surface area (TPSA) is 25.8 Å². The van der Waals surface area contributed by atoms with Crippen LogP contribution in [0.25, 0.3) is 22.3 Å². The molecule has 1 aromatic heterocycles. The maximum absolute atomic E-state index is 5.88. The summed E-state index contributed by atoms with van der Waals surface area (Å²) >= 11 is 5.88. The van der Waals surface area contributed by atoms with Crippen molar-refractivity contribution in [3.05, 3.63) is 59.2 Å². The normalized spacial score (nSPS) is 10.8. The molecule has 0 fully saturated rings. The Hall–Kier alpha value is -1.93. The molecular formula is C15H11ClN2. The van der Waals surface area contributed by atoms with Crippen molar-refractivity contribution in [2.45, 2.75) is 6.92 Å². The number of nitrogens with zero attached hydrogens (tertiary/aromatic N) is 2. The SMILES string of the molecule is Cc1ccc2nc(-c3ccc(Cl)cc3)cnc2c1. The highest BCUT2D eigenvalue weighted by Gasteiger charge is 2.02. The van der Waals surface area contributed by atoms with E-state index >= 15 is 0 Å². The minimum Gasteiger partial charge on any atom is -0.252 e. The van der Waals surface area contributed by atoms with Crippen LogP contribution in [0.5, 0.6) is 0 Å². The molecule has 3 rings (SSSR count). The molecule has 0 amide bonds. The summed E-state index contributed by atoms with van der Waals surface area (Å²) in [5, 5.41) is 0.725. The molecule has 88 valence electrons. The zero-order chi connectivity index (χ0) is 12.5. The minimum absolute atomic E-state index is 0.725. The van der Waals surface area contributed by atoms with E-state index in [1.165, 1.54) is 5.56 Å². The lowest BCUT2D eigenvalue weighted by molar-refractivity contribution is 1.28. The molecule has 0 saturated heterocycles. The van der Waals surface area contributed by atoms with Crippen molar-refractivity contribution in [1.82, 2.24) is 9.97 Å². The van der Waals surface area contributed by atoms with E-state index in [1.54, 1.807) is 6.20 Å². The highest BCUT2D eigenvalue weighted by Crippen LogP contribution is 2.21. The summed E-state index contributed by atoms with van der Waals surface area (Å²) in [5.41, 5.74) is 4.91. The second-order valence-electron chi connectivity index (χ2n) is 4.25. The van der Waals surface area contributed by atoms with Crippen LogP contribution in [0.4, 0.5) is 0 Å². The molecule has 3 heteroatoms. The number of aromatic nitrogens is 2. The van der Waals surface area contributed by atoms with Gasteiger partial charge in [-0.3, -0.25) is 4.98 Å². The van der Waals surface area contributed by atoms with Crippen LogP contribution in [-0.2, 0) is 0 Å². The summed E-state index contributed by atoms with van der Waals surface area (Å²) in [6.07, 6.45) is 1.80. The fraction of sp³-hybridized carbons (Fsp3) is 0.0667. The van der Waals surface area contributed by atoms with E-state index in [9.17, 15) is 0 Å². The van der Waals surface area contributed by atoms with Crippen molar-refractivity contribution in [1.29, 1.82) is 0 Å². The molecule has 0 spiro atoms. The van der Waals surface area contributed by atoms with Gasteiger partial charge >= 0.3 is 0 Å². The van der Waals surface area contributed by atoms with Gasteiger partial charge in [0.2, 0.25) is 0 Å². The summed E-state index contributed by atoms with van der Waals surface area (Å²) in [5.74, 6) is 0. The fourth-order valence-electron chi connectivity index (χ4n) is 1.88. The number of hydrogen-bond acceptors (Lipinski definition) is 2. The molecule has 0 aliphatic heterocycles. The first-order valence-electron chi connectivity index (χ1n) is 5.72. The molecule has 2 nitrogen and oxygen atoms in total. The van der Waals surface area contributed by atoms with E-state index in [4.69, 9.17) is 11.6 Å². The van der Waals surface area contributed by atoms with Gasteiger partial charge in [-0.05, 0) is 36.8 Å². The standard InChI is InChI=1S/C15H11ClN2/c1-10-2-7-13-14(8-10)17-9-15(18-13)11-3-5-12(16)6-4-11/h2-9H,1H3. The zero-order valence-corrected chi connectivity index (χ0v) is 10.6. The molecule has 0 saturated carbocycles. The number of rotatable bonds is 1. The lowest BCUT2D eigenvalue weighted by Gasteiger charge is -2.03. The van der Waals surface area contributed by atoms with E-state index in [0.717, 1.165) is 27.3 Å². The van der Waals surface area contributed by atoms with Crippen molar-refractivity contribution in [3.8, 4) is 11.3 Å². The quantitative estimate of drug-likeness (QED) is 0.648. The first kappa shape index (κ1) is 11.2. The third kappa shape index (κ3) is 2.07. The maximum Gasteiger partial charge on any atom is 0.0894 e. The van der Waals surface area contributed by atoms with Crippen molar-refractivity contribution in [2.24, 2.45) is 0 Å². The molecule has 0 radical (unpaired) electrons. The predicted octanol–water partition coefficient (Wildman–Crippen LogP) is 4.26. The number of aryl methyl sites for hydroxylation is 1. The second-order valence-corrected chi connectivity index (χ2v) is 4.69. The summed E-state index contributed by atoms with van der Waals surface area (Å²) in [4.78, 5) is 9.06. The van der Waals surface area contributed by atoms with Gasteiger partial charge in [0.15, 0.2) is 0 Å². The summed E-state index contributed by atoms with van der Waals surface area (Å²) in [6, 6.07) is 13.7. The second kappa shape index (κ2) is 4.39. The van der Waals surface area contributed by atoms with Crippen molar-refractivity contribution < 1.29 is 0 Å². The van der Waals surface area contributed by atoms with Crippen LogP contribution in [0.3, 0.4) is 0 Å². The van der Waals surface area contributed by atoms with Crippen LogP contribution in [-0.4, -0.2) is 9.97 Å². The summed E-state index contributed by atoms with van der Waals surface area (Å²) in [7, 11) is 0. The van der Waals surface area contributed by atoms with E-state index in [2.05, 4.69) is 9.97 Å². The van der Waals surface area contributed by atoms with Crippen molar-refractivity contribution in [3.63, 3.8) is 0 Å². The van der Waals surface area contributed by atoms with Crippen molar-refractivity contribution >= 4 is 22.6 Å². The monoisotopic (exact) mass is 254 g/mol. The van der Waals surface area contributed by atoms with Crippen molar-refractivity contribution in [2.75, 3.05) is 0 Å². The molecule has 0 aliphatic carbocycles. The third-order valence-electron chi connectivity index (χ3n) is 2.84. The van der Waals surface area contributed by atoms with E-state index < -0.39 is 0 Å². The summed E-state index contributed by atoms with van der Waals surface area (Å²) < 4.78 is 0. The van der Waals surface area contributed by atoms with Gasteiger partial charge in [0.1, 0.15) is 0 Å². The van der Waals surface area contributed by atoms with E-state index in [0.29, 0.717) is 0 Å². The summed E-state index contributed by atoms with van der Waals surface area (Å²) in [6.45, 7) is 2.05. The van der Waals surface area contributed by atoms with Crippen LogP contribution in [0.1, 0.15) is 5.56 Å². The van der Waals surface area contributed by atoms with Gasteiger partial charge in [-0.15, -0.1) is 0 Å². The average Bonchev–Trinajstić information content (AvgIpc) is 2.39. The van der Waals surface area contributed by atoms with E-state index in [-0.39, 0.29) is 0 Å². The Morgan fingerprint density at radius 3 is 2.50 bits per heavy atom. The highest BCUT2D eigenvalue weighted by molar-refractivity contribution is 6.30. The Kier molecular flexibility index (Phi) is 2.73. The van der Waals surface area contributed by atoms with Gasteiger partial charge < -0.3 is 0 Å². The maximum atomic E-state index is 5.88. The number of benzene rings is 2. The van der Waals surface area contributed by atoms with Gasteiger partial charge in [0, 0.05) is 10.6 Å². The van der Waals surface area contributed by atoms with Gasteiger partial charge in [-0.2, -0.15) is 0 Å². The number of hydrogen-bond donors (Lipinski definition) is 0. The Balaban J connectivity index is 2.13. The Morgan fingerprint density at radius 2 is 1.72 bits per heavy atom. The lowest BCUT2D eigenvalue weighted by Crippen LogP contribution is -1.89. The largest absolute Gasteiger partial charge is 0.252 e. The highest BCUT2D eigenvalue weighted by atomic mass is 35.5. The third-order valence-corrected chi connectivity index (χ3v) is 3.09. The lowest BCUT2D eigenvalue weighted by atomic mass is 10.1. The smallest absolute Gasteiger partial charge is 0.0894 e. The Labute approximate surface area is 110 Å². The molecule has 0 atom stereocenters. The van der Waals surface area contributed by atoms with Gasteiger partial charge in [-0.25, -0.2) is 4.98 Å². The molecule has 0 bridgehead atoms. The first-order chi connectivity index (χ1) is 8.72. The Morgan fingerprint density at radius 1 is 0.944 bits per heavy atom. The molecule has 0 aliphatic rings. The van der Waals surface area contributed by atoms with Crippen LogP contribution < -0.4 is 0 Å². The van der Waals surface area contributed by atoms with Crippen LogP contribution in [0, 0.1) is 6.92 Å². The molecular weight excluding hydrogens is 244 g/mol. The first-order valence-corrected chi connectivity index (χ1v) is 6.09. The van der Waals surface area contributed by atoms with Crippen LogP contribution >= 0.6 is 11.6 Å². The molecule has 18 heavy (non-hydrogen) atoms. The molecule has 2 aromatic carbocycles. The molecule has 0 N–H and O–H groups in total. The average molecular weight is 255 g/mol. The fourth-order valence-corrected chi connectivity index (χ4v) is 2.01. The predicted molar refractivity (Wildman–Crippen MR) is 74.7 cm³/mol. The number of halogens is 1. The number of fused-ring (bicyclic) bond motifs is 1. The van der Waals surface area contributed by atoms with Crippen LogP contribution in [0.2, 0.25) is 5.02 Å². The van der Waals surface area contributed by atoms with Gasteiger partial charge in [0.25, 0.3) is 0 Å². The van der Waals surface area contributed by atoms with E-state index in [1.807, 2.05) is 49.4 Å². The molecule has 1 heterocycles. The molecule has 3 aromatic rings. The minimum atomic E-state index is 0.725. The van der Waals surface area contributed by atoms with Gasteiger partial charge in [-0.1, -0.05) is 29.8 Å². The Bertz CT molecular complexity index is 705. The molecule has 0 unspecified atom stereocenters. The van der Waals surface area contributed by atoms with Crippen LogP contribution in [0.15, 0.2) is 48.7 Å².